The minimum atomic E-state index is -0.237. The van der Waals surface area contributed by atoms with E-state index in [1.54, 1.807) is 31.4 Å². The summed E-state index contributed by atoms with van der Waals surface area (Å²) in [4.78, 5) is 12.9. The summed E-state index contributed by atoms with van der Waals surface area (Å²) in [7, 11) is 1.55. The standard InChI is InChI=1S/C20H22Cl2O3/c1-5-7-13(3)25-18-10-12(2)14(11-17(18)24-4)20(23)19-15(21)8-6-9-16(19)22/h6,8-11,13H,5,7H2,1-4H3. The summed E-state index contributed by atoms with van der Waals surface area (Å²) in [6.45, 7) is 5.98. The molecule has 0 aliphatic rings. The predicted molar refractivity (Wildman–Crippen MR) is 103 cm³/mol. The highest BCUT2D eigenvalue weighted by Gasteiger charge is 2.21. The zero-order valence-electron chi connectivity index (χ0n) is 14.9. The number of carbonyl (C=O) groups excluding carboxylic acids is 1. The largest absolute Gasteiger partial charge is 0.493 e. The molecule has 0 saturated carbocycles. The molecule has 0 bridgehead atoms. The quantitative estimate of drug-likeness (QED) is 0.543. The van der Waals surface area contributed by atoms with Gasteiger partial charge in [-0.1, -0.05) is 42.6 Å². The minimum absolute atomic E-state index is 0.0675. The van der Waals surface area contributed by atoms with E-state index in [2.05, 4.69) is 6.92 Å². The molecule has 0 aliphatic carbocycles. The smallest absolute Gasteiger partial charge is 0.196 e. The molecule has 2 aromatic rings. The van der Waals surface area contributed by atoms with E-state index in [0.717, 1.165) is 18.4 Å². The maximum Gasteiger partial charge on any atom is 0.196 e. The maximum absolute atomic E-state index is 12.9. The Hall–Kier alpha value is -1.71. The second-order valence-corrected chi connectivity index (χ2v) is 6.78. The summed E-state index contributed by atoms with van der Waals surface area (Å²) < 4.78 is 11.4. The van der Waals surface area contributed by atoms with Crippen molar-refractivity contribution < 1.29 is 14.3 Å². The van der Waals surface area contributed by atoms with Gasteiger partial charge in [-0.25, -0.2) is 0 Å². The molecule has 134 valence electrons. The molecule has 0 spiro atoms. The highest BCUT2D eigenvalue weighted by molar-refractivity contribution is 6.41. The molecule has 0 amide bonds. The number of ketones is 1. The molecule has 0 aromatic heterocycles. The van der Waals surface area contributed by atoms with E-state index >= 15 is 0 Å². The van der Waals surface area contributed by atoms with E-state index < -0.39 is 0 Å². The van der Waals surface area contributed by atoms with Crippen molar-refractivity contribution in [2.24, 2.45) is 0 Å². The van der Waals surface area contributed by atoms with Crippen LogP contribution in [0.1, 0.15) is 48.2 Å². The van der Waals surface area contributed by atoms with Crippen molar-refractivity contribution in [3.63, 3.8) is 0 Å². The van der Waals surface area contributed by atoms with Gasteiger partial charge in [0.05, 0.1) is 28.8 Å². The van der Waals surface area contributed by atoms with Gasteiger partial charge in [-0.3, -0.25) is 4.79 Å². The number of methoxy groups -OCH3 is 1. The first-order chi connectivity index (χ1) is 11.9. The first kappa shape index (κ1) is 19.6. The molecule has 0 heterocycles. The zero-order valence-corrected chi connectivity index (χ0v) is 16.4. The number of rotatable bonds is 7. The third kappa shape index (κ3) is 4.47. The molecule has 5 heteroatoms. The van der Waals surface area contributed by atoms with Crippen molar-refractivity contribution in [2.45, 2.75) is 39.7 Å². The highest BCUT2D eigenvalue weighted by atomic mass is 35.5. The molecule has 2 aromatic carbocycles. The first-order valence-corrected chi connectivity index (χ1v) is 8.98. The van der Waals surface area contributed by atoms with Gasteiger partial charge < -0.3 is 9.47 Å². The van der Waals surface area contributed by atoms with Crippen LogP contribution in [0.5, 0.6) is 11.5 Å². The first-order valence-electron chi connectivity index (χ1n) is 8.23. The Morgan fingerprint density at radius 2 is 1.80 bits per heavy atom. The van der Waals surface area contributed by atoms with Gasteiger partial charge in [-0.2, -0.15) is 0 Å². The Morgan fingerprint density at radius 3 is 2.36 bits per heavy atom. The number of hydrogen-bond donors (Lipinski definition) is 0. The molecule has 1 unspecified atom stereocenters. The Kier molecular flexibility index (Phi) is 6.74. The Balaban J connectivity index is 2.44. The third-order valence-corrected chi connectivity index (χ3v) is 4.60. The highest BCUT2D eigenvalue weighted by Crippen LogP contribution is 2.35. The van der Waals surface area contributed by atoms with E-state index in [4.69, 9.17) is 32.7 Å². The molecule has 1 atom stereocenters. The van der Waals surface area contributed by atoms with Crippen molar-refractivity contribution in [1.29, 1.82) is 0 Å². The number of benzene rings is 2. The summed E-state index contributed by atoms with van der Waals surface area (Å²) in [6.07, 6.45) is 2.04. The zero-order chi connectivity index (χ0) is 18.6. The van der Waals surface area contributed by atoms with Gasteiger partial charge in [0.15, 0.2) is 17.3 Å². The number of hydrogen-bond acceptors (Lipinski definition) is 3. The average molecular weight is 381 g/mol. The summed E-state index contributed by atoms with van der Waals surface area (Å²) in [5.41, 5.74) is 1.56. The molecule has 2 rings (SSSR count). The Bertz CT molecular complexity index is 752. The normalized spacial score (nSPS) is 11.9. The SMILES string of the molecule is CCCC(C)Oc1cc(C)c(C(=O)c2c(Cl)cccc2Cl)cc1OC. The second-order valence-electron chi connectivity index (χ2n) is 5.96. The monoisotopic (exact) mass is 380 g/mol. The lowest BCUT2D eigenvalue weighted by Gasteiger charge is -2.18. The van der Waals surface area contributed by atoms with Crippen molar-refractivity contribution >= 4 is 29.0 Å². The molecular weight excluding hydrogens is 359 g/mol. The summed E-state index contributed by atoms with van der Waals surface area (Å²) in [5.74, 6) is 0.905. The molecule has 0 fully saturated rings. The van der Waals surface area contributed by atoms with Gasteiger partial charge in [0.1, 0.15) is 0 Å². The van der Waals surface area contributed by atoms with E-state index in [1.807, 2.05) is 19.9 Å². The fourth-order valence-electron chi connectivity index (χ4n) is 2.69. The van der Waals surface area contributed by atoms with Crippen LogP contribution in [0.2, 0.25) is 10.0 Å². The van der Waals surface area contributed by atoms with Gasteiger partial charge in [0, 0.05) is 5.56 Å². The van der Waals surface area contributed by atoms with E-state index in [-0.39, 0.29) is 11.9 Å². The third-order valence-electron chi connectivity index (χ3n) is 3.97. The molecule has 0 radical (unpaired) electrons. The van der Waals surface area contributed by atoms with Crippen LogP contribution in [0.4, 0.5) is 0 Å². The van der Waals surface area contributed by atoms with Crippen molar-refractivity contribution in [3.05, 3.63) is 57.1 Å². The fourth-order valence-corrected chi connectivity index (χ4v) is 3.26. The van der Waals surface area contributed by atoms with Gasteiger partial charge in [-0.15, -0.1) is 0 Å². The fraction of sp³-hybridized carbons (Fsp3) is 0.350. The number of ether oxygens (including phenoxy) is 2. The number of carbonyl (C=O) groups is 1. The van der Waals surface area contributed by atoms with Gasteiger partial charge in [0.2, 0.25) is 0 Å². The van der Waals surface area contributed by atoms with Gasteiger partial charge >= 0.3 is 0 Å². The van der Waals surface area contributed by atoms with Crippen LogP contribution in [0.15, 0.2) is 30.3 Å². The average Bonchev–Trinajstić information content (AvgIpc) is 2.55. The lowest BCUT2D eigenvalue weighted by Crippen LogP contribution is -2.13. The molecule has 0 N–H and O–H groups in total. The summed E-state index contributed by atoms with van der Waals surface area (Å²) in [5, 5.41) is 0.653. The van der Waals surface area contributed by atoms with E-state index in [0.29, 0.717) is 32.7 Å². The van der Waals surface area contributed by atoms with Crippen LogP contribution < -0.4 is 9.47 Å². The predicted octanol–water partition coefficient (Wildman–Crippen LogP) is 6.11. The lowest BCUT2D eigenvalue weighted by atomic mass is 9.98. The van der Waals surface area contributed by atoms with Gasteiger partial charge in [-0.05, 0) is 50.1 Å². The minimum Gasteiger partial charge on any atom is -0.493 e. The molecular formula is C20H22Cl2O3. The van der Waals surface area contributed by atoms with Crippen LogP contribution in [-0.4, -0.2) is 19.0 Å². The van der Waals surface area contributed by atoms with Crippen molar-refractivity contribution in [1.82, 2.24) is 0 Å². The molecule has 25 heavy (non-hydrogen) atoms. The number of aryl methyl sites for hydroxylation is 1. The van der Waals surface area contributed by atoms with Crippen LogP contribution in [0.3, 0.4) is 0 Å². The van der Waals surface area contributed by atoms with Crippen LogP contribution in [-0.2, 0) is 0 Å². The summed E-state index contributed by atoms with van der Waals surface area (Å²) >= 11 is 12.3. The van der Waals surface area contributed by atoms with E-state index in [9.17, 15) is 4.79 Å². The summed E-state index contributed by atoms with van der Waals surface area (Å²) in [6, 6.07) is 8.52. The van der Waals surface area contributed by atoms with Gasteiger partial charge in [0.25, 0.3) is 0 Å². The molecule has 0 aliphatic heterocycles. The molecule has 3 nitrogen and oxygen atoms in total. The second kappa shape index (κ2) is 8.59. The number of halogens is 2. The molecule has 0 saturated heterocycles. The lowest BCUT2D eigenvalue weighted by molar-refractivity contribution is 0.103. The van der Waals surface area contributed by atoms with Crippen LogP contribution in [0.25, 0.3) is 0 Å². The van der Waals surface area contributed by atoms with Crippen LogP contribution in [0, 0.1) is 6.92 Å². The van der Waals surface area contributed by atoms with Crippen LogP contribution >= 0.6 is 23.2 Å². The van der Waals surface area contributed by atoms with Crippen molar-refractivity contribution in [2.75, 3.05) is 7.11 Å². The van der Waals surface area contributed by atoms with Crippen molar-refractivity contribution in [3.8, 4) is 11.5 Å². The Labute approximate surface area is 158 Å². The maximum atomic E-state index is 12.9. The van der Waals surface area contributed by atoms with E-state index in [1.165, 1.54) is 0 Å². The Morgan fingerprint density at radius 1 is 1.16 bits per heavy atom. The topological polar surface area (TPSA) is 35.5 Å².